The third-order valence-corrected chi connectivity index (χ3v) is 4.27. The molecule has 0 atom stereocenters. The van der Waals surface area contributed by atoms with E-state index in [4.69, 9.17) is 9.47 Å². The smallest absolute Gasteiger partial charge is 0.276 e. The molecule has 0 saturated heterocycles. The van der Waals surface area contributed by atoms with Crippen molar-refractivity contribution in [3.05, 3.63) is 95.6 Å². The van der Waals surface area contributed by atoms with Gasteiger partial charge in [0, 0.05) is 16.7 Å². The van der Waals surface area contributed by atoms with E-state index in [1.54, 1.807) is 72.8 Å². The van der Waals surface area contributed by atoms with Gasteiger partial charge >= 0.3 is 0 Å². The van der Waals surface area contributed by atoms with Gasteiger partial charge in [-0.25, -0.2) is 0 Å². The molecule has 3 rings (SSSR count). The first-order chi connectivity index (χ1) is 15.1. The Hall–Kier alpha value is -4.13. The zero-order chi connectivity index (χ0) is 22.1. The van der Waals surface area contributed by atoms with Gasteiger partial charge in [0.1, 0.15) is 11.5 Å². The van der Waals surface area contributed by atoms with Crippen LogP contribution in [0.5, 0.6) is 11.5 Å². The van der Waals surface area contributed by atoms with Crippen LogP contribution in [-0.2, 0) is 4.79 Å². The molecule has 0 fully saturated rings. The summed E-state index contributed by atoms with van der Waals surface area (Å²) in [5.41, 5.74) is 6.11. The molecule has 0 aliphatic rings. The minimum absolute atomic E-state index is 0.0955. The Balaban J connectivity index is 1.45. The number of hydrazine groups is 1. The van der Waals surface area contributed by atoms with E-state index in [0.29, 0.717) is 34.8 Å². The summed E-state index contributed by atoms with van der Waals surface area (Å²) in [5, 5.41) is 0. The number of hydrogen-bond donors (Lipinski definition) is 2. The number of carbonyl (C=O) groups is 3. The van der Waals surface area contributed by atoms with Crippen molar-refractivity contribution in [1.29, 1.82) is 0 Å². The van der Waals surface area contributed by atoms with Crippen LogP contribution in [0.2, 0.25) is 0 Å². The van der Waals surface area contributed by atoms with Crippen molar-refractivity contribution in [2.24, 2.45) is 0 Å². The number of amides is 2. The molecule has 3 aromatic carbocycles. The molecule has 3 aromatic rings. The highest BCUT2D eigenvalue weighted by Gasteiger charge is 2.10. The van der Waals surface area contributed by atoms with Gasteiger partial charge in [0.25, 0.3) is 11.8 Å². The Morgan fingerprint density at radius 3 is 1.84 bits per heavy atom. The number of hydrogen-bond acceptors (Lipinski definition) is 5. The first-order valence-corrected chi connectivity index (χ1v) is 9.71. The van der Waals surface area contributed by atoms with E-state index in [-0.39, 0.29) is 12.4 Å². The van der Waals surface area contributed by atoms with E-state index >= 15 is 0 Å². The van der Waals surface area contributed by atoms with Gasteiger partial charge in [-0.3, -0.25) is 25.2 Å². The van der Waals surface area contributed by atoms with Gasteiger partial charge in [-0.15, -0.1) is 0 Å². The number of rotatable bonds is 8. The molecule has 0 aliphatic carbocycles. The minimum atomic E-state index is -0.524. The molecule has 0 saturated carbocycles. The molecule has 7 heteroatoms. The van der Waals surface area contributed by atoms with E-state index in [2.05, 4.69) is 10.9 Å². The fraction of sp³-hybridized carbons (Fsp3) is 0.125. The van der Waals surface area contributed by atoms with E-state index in [1.165, 1.54) is 0 Å². The predicted octanol–water partition coefficient (Wildman–Crippen LogP) is 3.16. The highest BCUT2D eigenvalue weighted by molar-refractivity contribution is 6.09. The van der Waals surface area contributed by atoms with Gasteiger partial charge < -0.3 is 9.47 Å². The number of nitrogens with one attached hydrogen (secondary N) is 2. The second-order valence-electron chi connectivity index (χ2n) is 6.47. The summed E-state index contributed by atoms with van der Waals surface area (Å²) < 4.78 is 10.7. The van der Waals surface area contributed by atoms with Crippen molar-refractivity contribution >= 4 is 17.6 Å². The zero-order valence-electron chi connectivity index (χ0n) is 17.0. The molecule has 2 amide bonds. The molecular weight excluding hydrogens is 396 g/mol. The Labute approximate surface area is 180 Å². The van der Waals surface area contributed by atoms with Crippen LogP contribution in [0.3, 0.4) is 0 Å². The SMILES string of the molecule is CCOc1ccc(C(=O)NNC(=O)COc2ccc(C(=O)c3ccccc3)cc2)cc1. The first-order valence-electron chi connectivity index (χ1n) is 9.71. The number of carbonyl (C=O) groups excluding carboxylic acids is 3. The Kier molecular flexibility index (Phi) is 7.37. The van der Waals surface area contributed by atoms with Crippen molar-refractivity contribution in [3.63, 3.8) is 0 Å². The second-order valence-corrected chi connectivity index (χ2v) is 6.47. The molecule has 158 valence electrons. The number of benzene rings is 3. The highest BCUT2D eigenvalue weighted by Crippen LogP contribution is 2.15. The van der Waals surface area contributed by atoms with E-state index < -0.39 is 11.8 Å². The zero-order valence-corrected chi connectivity index (χ0v) is 17.0. The van der Waals surface area contributed by atoms with Crippen LogP contribution in [0, 0.1) is 0 Å². The number of ketones is 1. The Morgan fingerprint density at radius 2 is 1.23 bits per heavy atom. The van der Waals surface area contributed by atoms with Crippen LogP contribution in [0.15, 0.2) is 78.9 Å². The third kappa shape index (κ3) is 6.17. The summed E-state index contributed by atoms with van der Waals surface area (Å²) in [5.74, 6) is 0.0105. The van der Waals surface area contributed by atoms with Crippen molar-refractivity contribution < 1.29 is 23.9 Å². The maximum Gasteiger partial charge on any atom is 0.276 e. The number of ether oxygens (including phenoxy) is 2. The molecule has 0 aromatic heterocycles. The second kappa shape index (κ2) is 10.6. The van der Waals surface area contributed by atoms with Crippen LogP contribution in [0.25, 0.3) is 0 Å². The van der Waals surface area contributed by atoms with E-state index in [9.17, 15) is 14.4 Å². The third-order valence-electron chi connectivity index (χ3n) is 4.27. The largest absolute Gasteiger partial charge is 0.494 e. The van der Waals surface area contributed by atoms with Gasteiger partial charge in [0.2, 0.25) is 0 Å². The van der Waals surface area contributed by atoms with Crippen LogP contribution in [-0.4, -0.2) is 30.8 Å². The molecule has 0 spiro atoms. The van der Waals surface area contributed by atoms with Crippen molar-refractivity contribution in [2.45, 2.75) is 6.92 Å². The lowest BCUT2D eigenvalue weighted by atomic mass is 10.0. The molecule has 0 heterocycles. The quantitative estimate of drug-likeness (QED) is 0.433. The fourth-order valence-corrected chi connectivity index (χ4v) is 2.71. The average molecular weight is 418 g/mol. The minimum Gasteiger partial charge on any atom is -0.494 e. The molecule has 0 bridgehead atoms. The molecule has 31 heavy (non-hydrogen) atoms. The van der Waals surface area contributed by atoms with Crippen LogP contribution in [0.4, 0.5) is 0 Å². The average Bonchev–Trinajstić information content (AvgIpc) is 2.82. The van der Waals surface area contributed by atoms with Gasteiger partial charge in [0.05, 0.1) is 6.61 Å². The maximum absolute atomic E-state index is 12.4. The highest BCUT2D eigenvalue weighted by atomic mass is 16.5. The van der Waals surface area contributed by atoms with E-state index in [1.807, 2.05) is 13.0 Å². The van der Waals surface area contributed by atoms with Gasteiger partial charge in [-0.05, 0) is 55.5 Å². The topological polar surface area (TPSA) is 93.7 Å². The molecule has 2 N–H and O–H groups in total. The summed E-state index contributed by atoms with van der Waals surface area (Å²) in [6.07, 6.45) is 0. The summed E-state index contributed by atoms with van der Waals surface area (Å²) in [6.45, 7) is 2.11. The summed E-state index contributed by atoms with van der Waals surface area (Å²) in [6, 6.07) is 22.0. The molecule has 7 nitrogen and oxygen atoms in total. The van der Waals surface area contributed by atoms with Crippen LogP contribution >= 0.6 is 0 Å². The lowest BCUT2D eigenvalue weighted by Crippen LogP contribution is -2.43. The summed E-state index contributed by atoms with van der Waals surface area (Å²) in [7, 11) is 0. The maximum atomic E-state index is 12.4. The lowest BCUT2D eigenvalue weighted by molar-refractivity contribution is -0.123. The van der Waals surface area contributed by atoms with Gasteiger partial charge in [0.15, 0.2) is 12.4 Å². The van der Waals surface area contributed by atoms with Gasteiger partial charge in [-0.1, -0.05) is 30.3 Å². The Bertz CT molecular complexity index is 1030. The van der Waals surface area contributed by atoms with Crippen molar-refractivity contribution in [3.8, 4) is 11.5 Å². The lowest BCUT2D eigenvalue weighted by Gasteiger charge is -2.10. The summed E-state index contributed by atoms with van der Waals surface area (Å²) in [4.78, 5) is 36.4. The van der Waals surface area contributed by atoms with E-state index in [0.717, 1.165) is 0 Å². The first kappa shape index (κ1) is 21.6. The fourth-order valence-electron chi connectivity index (χ4n) is 2.71. The predicted molar refractivity (Wildman–Crippen MR) is 115 cm³/mol. The van der Waals surface area contributed by atoms with Crippen molar-refractivity contribution in [1.82, 2.24) is 10.9 Å². The standard InChI is InChI=1S/C24H22N2O5/c1-2-30-20-14-10-19(11-15-20)24(29)26-25-22(27)16-31-21-12-8-18(9-13-21)23(28)17-6-4-3-5-7-17/h3-15H,2,16H2,1H3,(H,25,27)(H,26,29). The monoisotopic (exact) mass is 418 g/mol. The van der Waals surface area contributed by atoms with Crippen molar-refractivity contribution in [2.75, 3.05) is 13.2 Å². The van der Waals surface area contributed by atoms with Crippen LogP contribution < -0.4 is 20.3 Å². The van der Waals surface area contributed by atoms with Gasteiger partial charge in [-0.2, -0.15) is 0 Å². The Morgan fingerprint density at radius 1 is 0.677 bits per heavy atom. The molecule has 0 radical (unpaired) electrons. The molecular formula is C24H22N2O5. The molecule has 0 aliphatic heterocycles. The summed E-state index contributed by atoms with van der Waals surface area (Å²) >= 11 is 0. The molecule has 0 unspecified atom stereocenters. The van der Waals surface area contributed by atoms with Crippen LogP contribution in [0.1, 0.15) is 33.2 Å². The normalized spacial score (nSPS) is 10.1.